The van der Waals surface area contributed by atoms with Gasteiger partial charge in [-0.15, -0.1) is 0 Å². The summed E-state index contributed by atoms with van der Waals surface area (Å²) in [5.74, 6) is -0.332. The Kier molecular flexibility index (Phi) is 5.29. The van der Waals surface area contributed by atoms with Crippen LogP contribution in [0.25, 0.3) is 11.6 Å². The van der Waals surface area contributed by atoms with Gasteiger partial charge in [-0.1, -0.05) is 42.5 Å². The van der Waals surface area contributed by atoms with Gasteiger partial charge in [-0.25, -0.2) is 4.79 Å². The number of benzene rings is 2. The summed E-state index contributed by atoms with van der Waals surface area (Å²) in [6.45, 7) is 2.07. The third-order valence-electron chi connectivity index (χ3n) is 3.08. The maximum Gasteiger partial charge on any atom is 0.338 e. The summed E-state index contributed by atoms with van der Waals surface area (Å²) < 4.78 is 4.95. The van der Waals surface area contributed by atoms with Gasteiger partial charge in [-0.3, -0.25) is 0 Å². The number of aliphatic hydroxyl groups is 1. The van der Waals surface area contributed by atoms with E-state index in [4.69, 9.17) is 4.74 Å². The van der Waals surface area contributed by atoms with Gasteiger partial charge in [0, 0.05) is 0 Å². The van der Waals surface area contributed by atoms with Gasteiger partial charge in [0.05, 0.1) is 18.8 Å². The van der Waals surface area contributed by atoms with Gasteiger partial charge in [0.15, 0.2) is 0 Å². The molecule has 0 aromatic heterocycles. The highest BCUT2D eigenvalue weighted by Gasteiger charge is 2.07. The lowest BCUT2D eigenvalue weighted by Gasteiger charge is -2.07. The van der Waals surface area contributed by atoms with Gasteiger partial charge in [0.2, 0.25) is 0 Å². The second kappa shape index (κ2) is 7.41. The Labute approximate surface area is 124 Å². The van der Waals surface area contributed by atoms with Crippen LogP contribution in [-0.2, 0) is 4.74 Å². The predicted octanol–water partition coefficient (Wildman–Crippen LogP) is 3.40. The molecule has 21 heavy (non-hydrogen) atoms. The number of ether oxygens (including phenoxy) is 1. The van der Waals surface area contributed by atoms with E-state index in [-0.39, 0.29) is 12.6 Å². The molecule has 0 unspecified atom stereocenters. The maximum atomic E-state index is 11.6. The minimum Gasteiger partial charge on any atom is -0.462 e. The molecule has 0 fully saturated rings. The molecule has 0 heterocycles. The van der Waals surface area contributed by atoms with Crippen molar-refractivity contribution < 1.29 is 14.6 Å². The Bertz CT molecular complexity index is 613. The van der Waals surface area contributed by atoms with Gasteiger partial charge in [0.25, 0.3) is 0 Å². The average molecular weight is 282 g/mol. The predicted molar refractivity (Wildman–Crippen MR) is 83.8 cm³/mol. The molecule has 0 saturated heterocycles. The number of hydrogen-bond acceptors (Lipinski definition) is 3. The number of carbonyl (C=O) groups is 1. The van der Waals surface area contributed by atoms with Crippen molar-refractivity contribution in [1.29, 1.82) is 0 Å². The van der Waals surface area contributed by atoms with E-state index in [1.165, 1.54) is 0 Å². The van der Waals surface area contributed by atoms with Crippen LogP contribution in [0.5, 0.6) is 0 Å². The van der Waals surface area contributed by atoms with E-state index in [2.05, 4.69) is 0 Å². The summed E-state index contributed by atoms with van der Waals surface area (Å²) in [5.41, 5.74) is 3.22. The van der Waals surface area contributed by atoms with Gasteiger partial charge in [-0.05, 0) is 41.8 Å². The first-order chi connectivity index (χ1) is 10.2. The average Bonchev–Trinajstić information content (AvgIpc) is 2.54. The molecule has 2 aromatic carbocycles. The van der Waals surface area contributed by atoms with Crippen LogP contribution in [0.4, 0.5) is 0 Å². The molecule has 2 rings (SSSR count). The lowest BCUT2D eigenvalue weighted by molar-refractivity contribution is 0.0526. The van der Waals surface area contributed by atoms with E-state index in [1.54, 1.807) is 19.1 Å². The molecule has 0 saturated carbocycles. The molecule has 0 bridgehead atoms. The summed E-state index contributed by atoms with van der Waals surface area (Å²) in [5, 5.41) is 9.54. The Morgan fingerprint density at radius 1 is 1.05 bits per heavy atom. The van der Waals surface area contributed by atoms with Crippen LogP contribution in [0, 0.1) is 0 Å². The highest BCUT2D eigenvalue weighted by atomic mass is 16.5. The number of esters is 1. The molecule has 3 nitrogen and oxygen atoms in total. The van der Waals surface area contributed by atoms with Gasteiger partial charge < -0.3 is 9.84 Å². The van der Waals surface area contributed by atoms with E-state index in [0.717, 1.165) is 16.7 Å². The fourth-order valence-corrected chi connectivity index (χ4v) is 2.01. The number of hydrogen-bond donors (Lipinski definition) is 1. The van der Waals surface area contributed by atoms with Crippen molar-refractivity contribution in [2.75, 3.05) is 13.2 Å². The summed E-state index contributed by atoms with van der Waals surface area (Å²) in [7, 11) is 0. The fraction of sp³-hybridized carbons (Fsp3) is 0.167. The third-order valence-corrected chi connectivity index (χ3v) is 3.08. The number of aliphatic hydroxyl groups excluding tert-OH is 1. The standard InChI is InChI=1S/C18H18O3/c1-2-21-18(20)16-10-8-15(9-11-16)17(13-19)12-14-6-4-3-5-7-14/h3-12,19H,2,13H2,1H3/b17-12+. The van der Waals surface area contributed by atoms with E-state index >= 15 is 0 Å². The molecule has 0 atom stereocenters. The zero-order valence-electron chi connectivity index (χ0n) is 12.0. The van der Waals surface area contributed by atoms with E-state index < -0.39 is 0 Å². The van der Waals surface area contributed by atoms with E-state index in [0.29, 0.717) is 12.2 Å². The van der Waals surface area contributed by atoms with Crippen LogP contribution in [0.2, 0.25) is 0 Å². The number of carbonyl (C=O) groups excluding carboxylic acids is 1. The molecule has 0 radical (unpaired) electrons. The highest BCUT2D eigenvalue weighted by Crippen LogP contribution is 2.18. The molecule has 0 aliphatic rings. The van der Waals surface area contributed by atoms with Gasteiger partial charge in [-0.2, -0.15) is 0 Å². The smallest absolute Gasteiger partial charge is 0.338 e. The van der Waals surface area contributed by atoms with E-state index in [9.17, 15) is 9.90 Å². The Morgan fingerprint density at radius 3 is 2.24 bits per heavy atom. The Hall–Kier alpha value is -2.39. The minimum atomic E-state index is -0.332. The molecule has 0 aliphatic carbocycles. The Morgan fingerprint density at radius 2 is 1.67 bits per heavy atom. The summed E-state index contributed by atoms with van der Waals surface area (Å²) in [4.78, 5) is 11.6. The van der Waals surface area contributed by atoms with Crippen molar-refractivity contribution in [2.24, 2.45) is 0 Å². The second-order valence-corrected chi connectivity index (χ2v) is 4.54. The third kappa shape index (κ3) is 4.04. The summed E-state index contributed by atoms with van der Waals surface area (Å²) in [6.07, 6.45) is 1.93. The molecule has 3 heteroatoms. The van der Waals surface area contributed by atoms with Crippen molar-refractivity contribution in [2.45, 2.75) is 6.92 Å². The quantitative estimate of drug-likeness (QED) is 0.675. The zero-order chi connectivity index (χ0) is 15.1. The van der Waals surface area contributed by atoms with Crippen molar-refractivity contribution in [3.05, 3.63) is 71.3 Å². The Balaban J connectivity index is 2.23. The van der Waals surface area contributed by atoms with Gasteiger partial charge in [0.1, 0.15) is 0 Å². The lowest BCUT2D eigenvalue weighted by atomic mass is 10.0. The topological polar surface area (TPSA) is 46.5 Å². The summed E-state index contributed by atoms with van der Waals surface area (Å²) in [6, 6.07) is 16.9. The molecule has 2 aromatic rings. The minimum absolute atomic E-state index is 0.0619. The van der Waals surface area contributed by atoms with Crippen molar-refractivity contribution >= 4 is 17.6 Å². The molecule has 0 spiro atoms. The van der Waals surface area contributed by atoms with Crippen molar-refractivity contribution in [3.63, 3.8) is 0 Å². The van der Waals surface area contributed by atoms with E-state index in [1.807, 2.05) is 48.5 Å². The maximum absolute atomic E-state index is 11.6. The van der Waals surface area contributed by atoms with Crippen LogP contribution in [0.15, 0.2) is 54.6 Å². The van der Waals surface area contributed by atoms with Crippen LogP contribution in [0.3, 0.4) is 0 Å². The van der Waals surface area contributed by atoms with Crippen molar-refractivity contribution in [3.8, 4) is 0 Å². The molecule has 1 N–H and O–H groups in total. The molecular weight excluding hydrogens is 264 g/mol. The van der Waals surface area contributed by atoms with Crippen LogP contribution in [0.1, 0.15) is 28.4 Å². The second-order valence-electron chi connectivity index (χ2n) is 4.54. The van der Waals surface area contributed by atoms with Crippen LogP contribution >= 0.6 is 0 Å². The van der Waals surface area contributed by atoms with Crippen LogP contribution < -0.4 is 0 Å². The first-order valence-electron chi connectivity index (χ1n) is 6.88. The zero-order valence-corrected chi connectivity index (χ0v) is 12.0. The monoisotopic (exact) mass is 282 g/mol. The molecule has 0 amide bonds. The largest absolute Gasteiger partial charge is 0.462 e. The first kappa shape index (κ1) is 15.0. The van der Waals surface area contributed by atoms with Crippen LogP contribution in [-0.4, -0.2) is 24.3 Å². The van der Waals surface area contributed by atoms with Gasteiger partial charge >= 0.3 is 5.97 Å². The first-order valence-corrected chi connectivity index (χ1v) is 6.88. The molecule has 108 valence electrons. The molecular formula is C18H18O3. The lowest BCUT2D eigenvalue weighted by Crippen LogP contribution is -2.04. The number of rotatable bonds is 5. The molecule has 0 aliphatic heterocycles. The fourth-order valence-electron chi connectivity index (χ4n) is 2.01. The SMILES string of the molecule is CCOC(=O)c1ccc(/C(=C/c2ccccc2)CO)cc1. The normalized spacial score (nSPS) is 11.2. The summed E-state index contributed by atoms with van der Waals surface area (Å²) >= 11 is 0. The highest BCUT2D eigenvalue weighted by molar-refractivity contribution is 5.90. The van der Waals surface area contributed by atoms with Crippen molar-refractivity contribution in [1.82, 2.24) is 0 Å².